The van der Waals surface area contributed by atoms with Crippen LogP contribution >= 0.6 is 23.6 Å². The predicted octanol–water partition coefficient (Wildman–Crippen LogP) is 4.21. The molecule has 6 heteroatoms. The molecule has 25 heavy (non-hydrogen) atoms. The number of nitrogens with one attached hydrogen (secondary N) is 2. The molecular formula is C19H21N3OS2. The first-order valence-electron chi connectivity index (χ1n) is 8.14. The zero-order chi connectivity index (χ0) is 17.6. The lowest BCUT2D eigenvalue weighted by Gasteiger charge is -2.16. The number of thiocarbonyl (C=S) groups is 1. The Morgan fingerprint density at radius 3 is 2.68 bits per heavy atom. The molecule has 0 aliphatic rings. The van der Waals surface area contributed by atoms with E-state index in [-0.39, 0.29) is 6.04 Å². The van der Waals surface area contributed by atoms with Crippen molar-refractivity contribution < 1.29 is 4.74 Å². The third-order valence-electron chi connectivity index (χ3n) is 3.70. The van der Waals surface area contributed by atoms with E-state index in [2.05, 4.69) is 45.9 Å². The molecule has 0 aliphatic heterocycles. The van der Waals surface area contributed by atoms with Crippen LogP contribution in [0.4, 0.5) is 5.69 Å². The van der Waals surface area contributed by atoms with Crippen molar-refractivity contribution in [3.63, 3.8) is 0 Å². The molecule has 0 fully saturated rings. The molecule has 0 saturated heterocycles. The Bertz CT molecular complexity index is 812. The van der Waals surface area contributed by atoms with E-state index in [1.54, 1.807) is 18.4 Å². The van der Waals surface area contributed by atoms with E-state index < -0.39 is 0 Å². The maximum absolute atomic E-state index is 5.31. The third kappa shape index (κ3) is 4.98. The topological polar surface area (TPSA) is 46.2 Å². The highest BCUT2D eigenvalue weighted by molar-refractivity contribution is 7.80. The van der Waals surface area contributed by atoms with E-state index in [4.69, 9.17) is 17.0 Å². The van der Waals surface area contributed by atoms with E-state index in [9.17, 15) is 0 Å². The Morgan fingerprint density at radius 2 is 1.96 bits per heavy atom. The molecule has 1 aromatic heterocycles. The molecule has 3 aromatic rings. The Morgan fingerprint density at radius 1 is 1.20 bits per heavy atom. The van der Waals surface area contributed by atoms with Gasteiger partial charge in [0.05, 0.1) is 21.8 Å². The van der Waals surface area contributed by atoms with Gasteiger partial charge in [-0.1, -0.05) is 24.3 Å². The van der Waals surface area contributed by atoms with Gasteiger partial charge in [0, 0.05) is 25.3 Å². The summed E-state index contributed by atoms with van der Waals surface area (Å²) in [7, 11) is 1.68. The van der Waals surface area contributed by atoms with Crippen molar-refractivity contribution in [2.45, 2.75) is 19.4 Å². The van der Waals surface area contributed by atoms with E-state index >= 15 is 0 Å². The van der Waals surface area contributed by atoms with Crippen molar-refractivity contribution in [2.24, 2.45) is 0 Å². The number of nitrogens with zero attached hydrogens (tertiary/aromatic N) is 1. The van der Waals surface area contributed by atoms with Gasteiger partial charge in [0.1, 0.15) is 0 Å². The largest absolute Gasteiger partial charge is 0.383 e. The van der Waals surface area contributed by atoms with E-state index in [1.807, 2.05) is 25.1 Å². The Labute approximate surface area is 157 Å². The second-order valence-electron chi connectivity index (χ2n) is 5.90. The first kappa shape index (κ1) is 17.8. The molecule has 0 bridgehead atoms. The number of benzene rings is 2. The predicted molar refractivity (Wildman–Crippen MR) is 110 cm³/mol. The SMILES string of the molecule is COC[C@@H](C)NC(=S)Nc1ccc(Cc2nc3ccccc3s2)cc1. The molecule has 3 rings (SSSR count). The van der Waals surface area contributed by atoms with Crippen molar-refractivity contribution in [1.29, 1.82) is 0 Å². The zero-order valence-electron chi connectivity index (χ0n) is 14.3. The van der Waals surface area contributed by atoms with Crippen LogP contribution in [-0.4, -0.2) is 29.9 Å². The lowest BCUT2D eigenvalue weighted by Crippen LogP contribution is -2.38. The van der Waals surface area contributed by atoms with E-state index in [0.717, 1.165) is 22.6 Å². The standard InChI is InChI=1S/C19H21N3OS2/c1-13(12-23-2)20-19(24)21-15-9-7-14(8-10-15)11-18-22-16-5-3-4-6-17(16)25-18/h3-10,13H,11-12H2,1-2H3,(H2,20,21,24)/t13-/m1/s1. The number of thiazole rings is 1. The van der Waals surface area contributed by atoms with Crippen LogP contribution in [0.2, 0.25) is 0 Å². The summed E-state index contributed by atoms with van der Waals surface area (Å²) >= 11 is 7.06. The van der Waals surface area contributed by atoms with Crippen LogP contribution in [0.15, 0.2) is 48.5 Å². The fourth-order valence-corrected chi connectivity index (χ4v) is 3.88. The molecule has 1 heterocycles. The van der Waals surface area contributed by atoms with Gasteiger partial charge < -0.3 is 15.4 Å². The average molecular weight is 372 g/mol. The highest BCUT2D eigenvalue weighted by Gasteiger charge is 2.06. The van der Waals surface area contributed by atoms with Crippen molar-refractivity contribution in [2.75, 3.05) is 19.0 Å². The fourth-order valence-electron chi connectivity index (χ4n) is 2.56. The zero-order valence-corrected chi connectivity index (χ0v) is 15.9. The molecule has 0 aliphatic carbocycles. The number of aromatic nitrogens is 1. The average Bonchev–Trinajstić information content (AvgIpc) is 2.99. The van der Waals surface area contributed by atoms with Crippen molar-refractivity contribution in [3.8, 4) is 0 Å². The lowest BCUT2D eigenvalue weighted by molar-refractivity contribution is 0.179. The van der Waals surface area contributed by atoms with E-state index in [1.165, 1.54) is 10.3 Å². The lowest BCUT2D eigenvalue weighted by atomic mass is 10.1. The van der Waals surface area contributed by atoms with Gasteiger partial charge in [0.2, 0.25) is 0 Å². The van der Waals surface area contributed by atoms with Gasteiger partial charge in [0.25, 0.3) is 0 Å². The van der Waals surface area contributed by atoms with Crippen molar-refractivity contribution >= 4 is 44.6 Å². The minimum Gasteiger partial charge on any atom is -0.383 e. The molecule has 0 amide bonds. The minimum absolute atomic E-state index is 0.170. The fraction of sp³-hybridized carbons (Fsp3) is 0.263. The number of ether oxygens (including phenoxy) is 1. The number of para-hydroxylation sites is 1. The molecule has 2 aromatic carbocycles. The normalized spacial score (nSPS) is 12.1. The number of rotatable bonds is 6. The molecule has 2 N–H and O–H groups in total. The molecule has 0 saturated carbocycles. The Kier molecular flexibility index (Phi) is 5.96. The third-order valence-corrected chi connectivity index (χ3v) is 4.96. The molecular weight excluding hydrogens is 350 g/mol. The summed E-state index contributed by atoms with van der Waals surface area (Å²) in [5, 5.41) is 8.11. The maximum atomic E-state index is 5.31. The molecule has 0 radical (unpaired) electrons. The number of hydrogen-bond acceptors (Lipinski definition) is 4. The molecule has 0 unspecified atom stereocenters. The van der Waals surface area contributed by atoms with Gasteiger partial charge in [-0.3, -0.25) is 0 Å². The van der Waals surface area contributed by atoms with Crippen LogP contribution < -0.4 is 10.6 Å². The molecule has 130 valence electrons. The van der Waals surface area contributed by atoms with Crippen molar-refractivity contribution in [1.82, 2.24) is 10.3 Å². The summed E-state index contributed by atoms with van der Waals surface area (Å²) in [4.78, 5) is 4.69. The monoisotopic (exact) mass is 371 g/mol. The minimum atomic E-state index is 0.170. The van der Waals surface area contributed by atoms with Crippen LogP contribution in [0.25, 0.3) is 10.2 Å². The summed E-state index contributed by atoms with van der Waals surface area (Å²) in [6.07, 6.45) is 0.840. The van der Waals surface area contributed by atoms with Gasteiger partial charge in [-0.25, -0.2) is 4.98 Å². The van der Waals surface area contributed by atoms with Gasteiger partial charge in [0.15, 0.2) is 5.11 Å². The van der Waals surface area contributed by atoms with Crippen LogP contribution in [0.3, 0.4) is 0 Å². The highest BCUT2D eigenvalue weighted by Crippen LogP contribution is 2.24. The second-order valence-corrected chi connectivity index (χ2v) is 7.43. The highest BCUT2D eigenvalue weighted by atomic mass is 32.1. The van der Waals surface area contributed by atoms with Crippen molar-refractivity contribution in [3.05, 3.63) is 59.1 Å². The number of hydrogen-bond donors (Lipinski definition) is 2. The van der Waals surface area contributed by atoms with Gasteiger partial charge >= 0.3 is 0 Å². The van der Waals surface area contributed by atoms with Crippen LogP contribution in [-0.2, 0) is 11.2 Å². The quantitative estimate of drug-likeness (QED) is 0.636. The molecule has 4 nitrogen and oxygen atoms in total. The van der Waals surface area contributed by atoms with Gasteiger partial charge in [-0.15, -0.1) is 11.3 Å². The number of anilines is 1. The van der Waals surface area contributed by atoms with Crippen LogP contribution in [0.1, 0.15) is 17.5 Å². The number of methoxy groups -OCH3 is 1. The summed E-state index contributed by atoms with van der Waals surface area (Å²) in [5.41, 5.74) is 3.27. The maximum Gasteiger partial charge on any atom is 0.171 e. The van der Waals surface area contributed by atoms with Crippen LogP contribution in [0, 0.1) is 0 Å². The number of fused-ring (bicyclic) bond motifs is 1. The first-order valence-corrected chi connectivity index (χ1v) is 9.36. The molecule has 0 spiro atoms. The smallest absolute Gasteiger partial charge is 0.171 e. The molecule has 1 atom stereocenters. The van der Waals surface area contributed by atoms with E-state index in [0.29, 0.717) is 11.7 Å². The summed E-state index contributed by atoms with van der Waals surface area (Å²) in [5.74, 6) is 0. The van der Waals surface area contributed by atoms with Gasteiger partial charge in [-0.05, 0) is 49.0 Å². The second kappa shape index (κ2) is 8.38. The first-order chi connectivity index (χ1) is 12.1. The Hall–Kier alpha value is -2.02. The summed E-state index contributed by atoms with van der Waals surface area (Å²) in [6, 6.07) is 16.7. The van der Waals surface area contributed by atoms with Crippen LogP contribution in [0.5, 0.6) is 0 Å². The Balaban J connectivity index is 1.59. The summed E-state index contributed by atoms with van der Waals surface area (Å²) < 4.78 is 6.33. The summed E-state index contributed by atoms with van der Waals surface area (Å²) in [6.45, 7) is 2.64. The van der Waals surface area contributed by atoms with Gasteiger partial charge in [-0.2, -0.15) is 0 Å².